The van der Waals surface area contributed by atoms with E-state index in [1.54, 1.807) is 36.7 Å². The summed E-state index contributed by atoms with van der Waals surface area (Å²) in [4.78, 5) is 32.2. The lowest BCUT2D eigenvalue weighted by Gasteiger charge is -2.04. The van der Waals surface area contributed by atoms with E-state index in [4.69, 9.17) is 20.8 Å². The molecule has 0 unspecified atom stereocenters. The maximum atomic E-state index is 12.1. The Morgan fingerprint density at radius 1 is 1.20 bits per heavy atom. The normalized spacial score (nSPS) is 10.4. The number of carbonyl (C=O) groups is 1. The molecule has 1 aromatic carbocycles. The number of nitrogens with zero attached hydrogens (tertiary/aromatic N) is 2. The summed E-state index contributed by atoms with van der Waals surface area (Å²) in [5.74, 6) is -0.0730. The predicted octanol–water partition coefficient (Wildman–Crippen LogP) is 3.59. The van der Waals surface area contributed by atoms with Crippen LogP contribution in [0.2, 0.25) is 5.02 Å². The van der Waals surface area contributed by atoms with E-state index in [0.717, 1.165) is 6.26 Å². The van der Waals surface area contributed by atoms with Gasteiger partial charge in [0.15, 0.2) is 5.16 Å². The number of thioether (sulfide) groups is 1. The lowest BCUT2D eigenvalue weighted by Crippen LogP contribution is -2.14. The van der Waals surface area contributed by atoms with E-state index in [1.807, 2.05) is 0 Å². The molecule has 0 aliphatic heterocycles. The van der Waals surface area contributed by atoms with Crippen molar-refractivity contribution in [1.82, 2.24) is 9.97 Å². The van der Waals surface area contributed by atoms with Crippen LogP contribution in [0.4, 0.5) is 0 Å². The second-order valence-corrected chi connectivity index (χ2v) is 6.17. The molecule has 0 saturated carbocycles. The van der Waals surface area contributed by atoms with Gasteiger partial charge in [-0.15, -0.1) is 0 Å². The summed E-state index contributed by atoms with van der Waals surface area (Å²) in [5.41, 5.74) is -0.209. The van der Waals surface area contributed by atoms with Gasteiger partial charge in [0.05, 0.1) is 11.3 Å². The average molecular weight is 375 g/mol. The second kappa shape index (κ2) is 7.96. The number of benzene rings is 1. The number of aromatic nitrogens is 2. The summed E-state index contributed by atoms with van der Waals surface area (Å²) < 4.78 is 10.4. The highest BCUT2D eigenvalue weighted by atomic mass is 35.5. The number of ether oxygens (including phenoxy) is 1. The number of hydrogen-bond donors (Lipinski definition) is 0. The van der Waals surface area contributed by atoms with Crippen LogP contribution >= 0.6 is 23.4 Å². The van der Waals surface area contributed by atoms with Crippen LogP contribution in [-0.2, 0) is 5.75 Å². The van der Waals surface area contributed by atoms with Crippen LogP contribution in [0.5, 0.6) is 5.75 Å². The van der Waals surface area contributed by atoms with Crippen LogP contribution in [0.15, 0.2) is 69.4 Å². The van der Waals surface area contributed by atoms with Gasteiger partial charge in [-0.3, -0.25) is 4.79 Å². The Hall–Kier alpha value is -2.64. The minimum atomic E-state index is -0.686. The topological polar surface area (TPSA) is 82.3 Å². The van der Waals surface area contributed by atoms with E-state index in [1.165, 1.54) is 23.9 Å². The van der Waals surface area contributed by atoms with Crippen molar-refractivity contribution in [2.45, 2.75) is 10.9 Å². The fraction of sp³-hybridized carbons (Fsp3) is 0.0588. The molecule has 0 aliphatic carbocycles. The number of halogens is 1. The molecule has 0 spiro atoms. The van der Waals surface area contributed by atoms with Gasteiger partial charge >= 0.3 is 5.97 Å². The van der Waals surface area contributed by atoms with Crippen molar-refractivity contribution in [3.8, 4) is 5.75 Å². The van der Waals surface area contributed by atoms with Crippen molar-refractivity contribution in [2.24, 2.45) is 0 Å². The molecule has 0 radical (unpaired) electrons. The van der Waals surface area contributed by atoms with Gasteiger partial charge < -0.3 is 9.15 Å². The van der Waals surface area contributed by atoms with Gasteiger partial charge in [-0.1, -0.05) is 29.4 Å². The Labute approximate surface area is 151 Å². The summed E-state index contributed by atoms with van der Waals surface area (Å²) in [5, 5.41) is 0.971. The molecule has 6 nitrogen and oxygen atoms in total. The number of esters is 1. The number of rotatable bonds is 5. The highest BCUT2D eigenvalue weighted by Gasteiger charge is 2.13. The SMILES string of the molecule is O=C(Oc1coc(CSc2ncccn2)cc1=O)c1cccc(Cl)c1. The van der Waals surface area contributed by atoms with Crippen molar-refractivity contribution in [3.63, 3.8) is 0 Å². The second-order valence-electron chi connectivity index (χ2n) is 4.79. The molecule has 25 heavy (non-hydrogen) atoms. The smallest absolute Gasteiger partial charge is 0.343 e. The molecule has 0 fully saturated rings. The first-order valence-corrected chi connectivity index (χ1v) is 8.47. The van der Waals surface area contributed by atoms with E-state index < -0.39 is 11.4 Å². The quantitative estimate of drug-likeness (QED) is 0.383. The van der Waals surface area contributed by atoms with Crippen LogP contribution in [-0.4, -0.2) is 15.9 Å². The Kier molecular flexibility index (Phi) is 5.47. The van der Waals surface area contributed by atoms with Gasteiger partial charge in [-0.25, -0.2) is 14.8 Å². The number of carbonyl (C=O) groups excluding carboxylic acids is 1. The molecule has 0 N–H and O–H groups in total. The fourth-order valence-corrected chi connectivity index (χ4v) is 2.74. The van der Waals surface area contributed by atoms with Crippen LogP contribution in [0, 0.1) is 0 Å². The molecule has 0 amide bonds. The van der Waals surface area contributed by atoms with Crippen molar-refractivity contribution in [2.75, 3.05) is 0 Å². The zero-order valence-corrected chi connectivity index (χ0v) is 14.3. The van der Waals surface area contributed by atoms with Gasteiger partial charge in [-0.05, 0) is 24.3 Å². The Morgan fingerprint density at radius 3 is 2.72 bits per heavy atom. The maximum absolute atomic E-state index is 12.1. The standard InChI is InChI=1S/C17H11ClN2O4S/c18-12-4-1-3-11(7-12)16(22)24-15-9-23-13(8-14(15)21)10-25-17-19-5-2-6-20-17/h1-9H,10H2. The predicted molar refractivity (Wildman–Crippen MR) is 93.0 cm³/mol. The third kappa shape index (κ3) is 4.68. The van der Waals surface area contributed by atoms with Crippen molar-refractivity contribution in [1.29, 1.82) is 0 Å². The van der Waals surface area contributed by atoms with Crippen LogP contribution in [0.1, 0.15) is 16.1 Å². The third-order valence-corrected chi connectivity index (χ3v) is 4.13. The van der Waals surface area contributed by atoms with Gasteiger partial charge in [0, 0.05) is 23.5 Å². The molecule has 0 bridgehead atoms. The molecule has 0 saturated heterocycles. The highest BCUT2D eigenvalue weighted by molar-refractivity contribution is 7.98. The highest BCUT2D eigenvalue weighted by Crippen LogP contribution is 2.19. The monoisotopic (exact) mass is 374 g/mol. The molecule has 2 aromatic heterocycles. The lowest BCUT2D eigenvalue weighted by atomic mass is 10.2. The molecule has 0 atom stereocenters. The average Bonchev–Trinajstić information content (AvgIpc) is 2.63. The van der Waals surface area contributed by atoms with Gasteiger partial charge in [-0.2, -0.15) is 0 Å². The first-order chi connectivity index (χ1) is 12.1. The lowest BCUT2D eigenvalue weighted by molar-refractivity contribution is 0.0729. The van der Waals surface area contributed by atoms with E-state index >= 15 is 0 Å². The van der Waals surface area contributed by atoms with Crippen molar-refractivity contribution in [3.05, 3.63) is 81.6 Å². The summed E-state index contributed by atoms with van der Waals surface area (Å²) >= 11 is 7.15. The van der Waals surface area contributed by atoms with Crippen LogP contribution < -0.4 is 10.2 Å². The Balaban J connectivity index is 1.67. The maximum Gasteiger partial charge on any atom is 0.343 e. The third-order valence-electron chi connectivity index (χ3n) is 3.00. The molecule has 8 heteroatoms. The fourth-order valence-electron chi connectivity index (χ4n) is 1.86. The van der Waals surface area contributed by atoms with E-state index in [9.17, 15) is 9.59 Å². The summed E-state index contributed by atoms with van der Waals surface area (Å²) in [6, 6.07) is 9.24. The Morgan fingerprint density at radius 2 is 2.00 bits per heavy atom. The van der Waals surface area contributed by atoms with Gasteiger partial charge in [0.25, 0.3) is 0 Å². The molecule has 3 aromatic rings. The summed E-state index contributed by atoms with van der Waals surface area (Å²) in [7, 11) is 0. The number of hydrogen-bond acceptors (Lipinski definition) is 7. The largest absolute Gasteiger partial charge is 0.464 e. The molecular formula is C17H11ClN2O4S. The summed E-state index contributed by atoms with van der Waals surface area (Å²) in [6.07, 6.45) is 4.38. The van der Waals surface area contributed by atoms with Gasteiger partial charge in [0.2, 0.25) is 11.2 Å². The Bertz CT molecular complexity index is 947. The van der Waals surface area contributed by atoms with E-state index in [-0.39, 0.29) is 11.3 Å². The van der Waals surface area contributed by atoms with Gasteiger partial charge in [0.1, 0.15) is 12.0 Å². The minimum Gasteiger partial charge on any atom is -0.464 e. The molecule has 2 heterocycles. The van der Waals surface area contributed by atoms with Crippen molar-refractivity contribution < 1.29 is 13.9 Å². The van der Waals surface area contributed by atoms with E-state index in [2.05, 4.69) is 9.97 Å². The first-order valence-electron chi connectivity index (χ1n) is 7.11. The van der Waals surface area contributed by atoms with Crippen LogP contribution in [0.3, 0.4) is 0 Å². The minimum absolute atomic E-state index is 0.185. The molecular weight excluding hydrogens is 364 g/mol. The summed E-state index contributed by atoms with van der Waals surface area (Å²) in [6.45, 7) is 0. The molecule has 3 rings (SSSR count). The van der Waals surface area contributed by atoms with Crippen molar-refractivity contribution >= 4 is 29.3 Å². The molecule has 0 aliphatic rings. The first kappa shape index (κ1) is 17.2. The van der Waals surface area contributed by atoms with E-state index in [0.29, 0.717) is 21.7 Å². The zero-order valence-electron chi connectivity index (χ0n) is 12.7. The van der Waals surface area contributed by atoms with Crippen LogP contribution in [0.25, 0.3) is 0 Å². The molecule has 126 valence electrons. The zero-order chi connectivity index (χ0) is 17.6.